The number of aromatic nitrogens is 3. The van der Waals surface area contributed by atoms with Crippen molar-refractivity contribution in [3.05, 3.63) is 34.3 Å². The maximum Gasteiger partial charge on any atom is 0.240 e. The summed E-state index contributed by atoms with van der Waals surface area (Å²) in [6.45, 7) is 0.381. The van der Waals surface area contributed by atoms with Crippen LogP contribution in [0.15, 0.2) is 22.9 Å². The Bertz CT molecular complexity index is 543. The molecule has 1 aromatic carbocycles. The molecule has 5 nitrogen and oxygen atoms in total. The minimum Gasteiger partial charge on any atom is -0.494 e. The number of halogens is 2. The number of benzene rings is 1. The monoisotopic (exact) mass is 300 g/mol. The zero-order valence-corrected chi connectivity index (χ0v) is 10.6. The highest BCUT2D eigenvalue weighted by Gasteiger charge is 2.08. The predicted octanol–water partition coefficient (Wildman–Crippen LogP) is 1.82. The number of ether oxygens (including phenoxy) is 1. The van der Waals surface area contributed by atoms with Crippen molar-refractivity contribution in [3.63, 3.8) is 0 Å². The molecule has 0 spiro atoms. The van der Waals surface area contributed by atoms with Crippen molar-refractivity contribution in [1.82, 2.24) is 14.8 Å². The fraction of sp³-hybridized carbons (Fsp3) is 0.200. The van der Waals surface area contributed by atoms with Gasteiger partial charge in [0.1, 0.15) is 0 Å². The van der Waals surface area contributed by atoms with E-state index in [2.05, 4.69) is 26.0 Å². The summed E-state index contributed by atoms with van der Waals surface area (Å²) in [7, 11) is 1.42. The zero-order chi connectivity index (χ0) is 12.4. The molecule has 0 unspecified atom stereocenters. The minimum atomic E-state index is -0.408. The van der Waals surface area contributed by atoms with Gasteiger partial charge in [0, 0.05) is 0 Å². The SMILES string of the molecule is COc1ccc(Cn2nc(N)nc2Br)cc1F. The number of rotatable bonds is 3. The summed E-state index contributed by atoms with van der Waals surface area (Å²) in [4.78, 5) is 3.89. The van der Waals surface area contributed by atoms with Crippen molar-refractivity contribution in [2.45, 2.75) is 6.54 Å². The van der Waals surface area contributed by atoms with Crippen LogP contribution in [0.5, 0.6) is 5.75 Å². The van der Waals surface area contributed by atoms with Crippen LogP contribution in [0.1, 0.15) is 5.56 Å². The maximum atomic E-state index is 13.5. The summed E-state index contributed by atoms with van der Waals surface area (Å²) >= 11 is 3.21. The summed E-state index contributed by atoms with van der Waals surface area (Å²) in [6.07, 6.45) is 0. The smallest absolute Gasteiger partial charge is 0.240 e. The van der Waals surface area contributed by atoms with E-state index >= 15 is 0 Å². The lowest BCUT2D eigenvalue weighted by molar-refractivity contribution is 0.386. The number of hydrogen-bond acceptors (Lipinski definition) is 4. The summed E-state index contributed by atoms with van der Waals surface area (Å²) < 4.78 is 20.3. The van der Waals surface area contributed by atoms with Gasteiger partial charge in [0.05, 0.1) is 13.7 Å². The molecule has 0 saturated heterocycles. The van der Waals surface area contributed by atoms with Crippen LogP contribution < -0.4 is 10.5 Å². The molecule has 0 aliphatic heterocycles. The van der Waals surface area contributed by atoms with E-state index in [0.717, 1.165) is 5.56 Å². The Kier molecular flexibility index (Phi) is 3.28. The molecule has 90 valence electrons. The number of nitrogen functional groups attached to an aromatic ring is 1. The van der Waals surface area contributed by atoms with E-state index in [1.165, 1.54) is 17.9 Å². The summed E-state index contributed by atoms with van der Waals surface area (Å²) in [6, 6.07) is 4.72. The molecule has 0 atom stereocenters. The van der Waals surface area contributed by atoms with Crippen LogP contribution >= 0.6 is 15.9 Å². The highest BCUT2D eigenvalue weighted by Crippen LogP contribution is 2.19. The fourth-order valence-electron chi connectivity index (χ4n) is 1.42. The van der Waals surface area contributed by atoms with Gasteiger partial charge in [-0.1, -0.05) is 6.07 Å². The van der Waals surface area contributed by atoms with Gasteiger partial charge in [-0.25, -0.2) is 9.07 Å². The molecule has 1 aromatic heterocycles. The van der Waals surface area contributed by atoms with Crippen molar-refractivity contribution < 1.29 is 9.13 Å². The largest absolute Gasteiger partial charge is 0.494 e. The highest BCUT2D eigenvalue weighted by molar-refractivity contribution is 9.10. The number of anilines is 1. The second-order valence-electron chi connectivity index (χ2n) is 3.37. The van der Waals surface area contributed by atoms with Gasteiger partial charge >= 0.3 is 0 Å². The zero-order valence-electron chi connectivity index (χ0n) is 9.02. The predicted molar refractivity (Wildman–Crippen MR) is 64.2 cm³/mol. The van der Waals surface area contributed by atoms with E-state index in [0.29, 0.717) is 11.3 Å². The van der Waals surface area contributed by atoms with Gasteiger partial charge < -0.3 is 10.5 Å². The lowest BCUT2D eigenvalue weighted by atomic mass is 10.2. The summed E-state index contributed by atoms with van der Waals surface area (Å²) in [5.41, 5.74) is 6.19. The van der Waals surface area contributed by atoms with Crippen LogP contribution in [0.4, 0.5) is 10.3 Å². The Morgan fingerprint density at radius 3 is 2.82 bits per heavy atom. The Morgan fingerprint density at radius 2 is 2.29 bits per heavy atom. The summed E-state index contributed by atoms with van der Waals surface area (Å²) in [5, 5.41) is 3.96. The van der Waals surface area contributed by atoms with Gasteiger partial charge in [0.25, 0.3) is 0 Å². The number of hydrogen-bond donors (Lipinski definition) is 1. The van der Waals surface area contributed by atoms with Crippen molar-refractivity contribution in [3.8, 4) is 5.75 Å². The fourth-order valence-corrected chi connectivity index (χ4v) is 1.81. The van der Waals surface area contributed by atoms with Crippen LogP contribution in [0.25, 0.3) is 0 Å². The maximum absolute atomic E-state index is 13.5. The van der Waals surface area contributed by atoms with Gasteiger partial charge in [-0.05, 0) is 33.6 Å². The Hall–Kier alpha value is -1.63. The minimum absolute atomic E-state index is 0.172. The quantitative estimate of drug-likeness (QED) is 0.939. The molecule has 0 bridgehead atoms. The van der Waals surface area contributed by atoms with Gasteiger partial charge in [-0.2, -0.15) is 4.98 Å². The highest BCUT2D eigenvalue weighted by atomic mass is 79.9. The van der Waals surface area contributed by atoms with Gasteiger partial charge in [0.15, 0.2) is 16.3 Å². The molecular formula is C10H10BrFN4O. The second-order valence-corrected chi connectivity index (χ2v) is 4.07. The lowest BCUT2D eigenvalue weighted by Gasteiger charge is -2.05. The van der Waals surface area contributed by atoms with E-state index in [1.54, 1.807) is 12.1 Å². The first-order valence-electron chi connectivity index (χ1n) is 4.78. The van der Waals surface area contributed by atoms with Crippen molar-refractivity contribution in [2.24, 2.45) is 0 Å². The van der Waals surface area contributed by atoms with Gasteiger partial charge in [0.2, 0.25) is 5.95 Å². The molecule has 0 saturated carbocycles. The first kappa shape index (κ1) is 11.8. The molecule has 0 aliphatic carbocycles. The molecule has 2 aromatic rings. The molecule has 1 heterocycles. The van der Waals surface area contributed by atoms with Crippen molar-refractivity contribution in [1.29, 1.82) is 0 Å². The lowest BCUT2D eigenvalue weighted by Crippen LogP contribution is -2.03. The molecule has 2 rings (SSSR count). The topological polar surface area (TPSA) is 66.0 Å². The normalized spacial score (nSPS) is 10.5. The van der Waals surface area contributed by atoms with E-state index < -0.39 is 5.82 Å². The summed E-state index contributed by atoms with van der Waals surface area (Å²) in [5.74, 6) is -0.0222. The Labute approximate surface area is 106 Å². The molecule has 0 aliphatic rings. The van der Waals surface area contributed by atoms with Crippen LogP contribution in [-0.2, 0) is 6.54 Å². The first-order chi connectivity index (χ1) is 8.10. The Balaban J connectivity index is 2.24. The molecule has 0 fully saturated rings. The first-order valence-corrected chi connectivity index (χ1v) is 5.57. The average Bonchev–Trinajstić information content (AvgIpc) is 2.58. The molecule has 7 heteroatoms. The third-order valence-corrected chi connectivity index (χ3v) is 2.78. The van der Waals surface area contributed by atoms with Crippen molar-refractivity contribution in [2.75, 3.05) is 12.8 Å². The van der Waals surface area contributed by atoms with E-state index in [1.807, 2.05) is 0 Å². The standard InChI is InChI=1S/C10H10BrFN4O/c1-17-8-3-2-6(4-7(8)12)5-16-9(11)14-10(13)15-16/h2-4H,5H2,1H3,(H2,13,15). The van der Waals surface area contributed by atoms with Crippen molar-refractivity contribution >= 4 is 21.9 Å². The second kappa shape index (κ2) is 4.70. The molecule has 0 amide bonds. The number of methoxy groups -OCH3 is 1. The Morgan fingerprint density at radius 1 is 1.53 bits per heavy atom. The average molecular weight is 301 g/mol. The van der Waals surface area contributed by atoms with E-state index in [9.17, 15) is 4.39 Å². The van der Waals surface area contributed by atoms with Crippen LogP contribution in [0.2, 0.25) is 0 Å². The third kappa shape index (κ3) is 2.55. The van der Waals surface area contributed by atoms with E-state index in [4.69, 9.17) is 10.5 Å². The van der Waals surface area contributed by atoms with Gasteiger partial charge in [-0.15, -0.1) is 5.10 Å². The number of nitrogens with zero attached hydrogens (tertiary/aromatic N) is 3. The van der Waals surface area contributed by atoms with Crippen LogP contribution in [0.3, 0.4) is 0 Å². The third-order valence-electron chi connectivity index (χ3n) is 2.19. The van der Waals surface area contributed by atoms with Crippen LogP contribution in [-0.4, -0.2) is 21.9 Å². The van der Waals surface area contributed by atoms with Crippen LogP contribution in [0, 0.1) is 5.82 Å². The molecule has 17 heavy (non-hydrogen) atoms. The van der Waals surface area contributed by atoms with E-state index in [-0.39, 0.29) is 11.7 Å². The van der Waals surface area contributed by atoms with Gasteiger partial charge in [-0.3, -0.25) is 0 Å². The molecule has 0 radical (unpaired) electrons. The molecular weight excluding hydrogens is 291 g/mol. The number of nitrogens with two attached hydrogens (primary N) is 1. The molecule has 2 N–H and O–H groups in total.